The molecule has 0 spiro atoms. The summed E-state index contributed by atoms with van der Waals surface area (Å²) in [5.41, 5.74) is -0.740. The fourth-order valence-corrected chi connectivity index (χ4v) is 2.21. The SMILES string of the molecule is CC(O)C(NC(=O)c1ncccc1O)C(=O)Oc1cccnc1C(=O)NCC(=O)O. The van der Waals surface area contributed by atoms with Gasteiger partial charge in [0.1, 0.15) is 12.3 Å². The molecule has 0 bridgehead atoms. The maximum Gasteiger partial charge on any atom is 0.336 e. The Kier molecular flexibility index (Phi) is 7.36. The lowest BCUT2D eigenvalue weighted by atomic mass is 10.1. The molecule has 0 fully saturated rings. The highest BCUT2D eigenvalue weighted by Crippen LogP contribution is 2.17. The lowest BCUT2D eigenvalue weighted by Crippen LogP contribution is -2.49. The van der Waals surface area contributed by atoms with Gasteiger partial charge in [0.2, 0.25) is 0 Å². The van der Waals surface area contributed by atoms with Crippen molar-refractivity contribution in [2.24, 2.45) is 0 Å². The van der Waals surface area contributed by atoms with Crippen molar-refractivity contribution >= 4 is 23.8 Å². The molecule has 0 aromatic carbocycles. The van der Waals surface area contributed by atoms with Crippen LogP contribution in [-0.2, 0) is 9.59 Å². The molecule has 2 atom stereocenters. The van der Waals surface area contributed by atoms with Gasteiger partial charge in [0.05, 0.1) is 6.10 Å². The third-order valence-electron chi connectivity index (χ3n) is 3.62. The number of pyridine rings is 2. The van der Waals surface area contributed by atoms with Crippen LogP contribution < -0.4 is 15.4 Å². The number of esters is 1. The van der Waals surface area contributed by atoms with Crippen molar-refractivity contribution in [3.05, 3.63) is 48.0 Å². The number of aliphatic carboxylic acids is 1. The zero-order valence-electron chi connectivity index (χ0n) is 15.6. The van der Waals surface area contributed by atoms with Crippen molar-refractivity contribution in [1.29, 1.82) is 0 Å². The van der Waals surface area contributed by atoms with E-state index >= 15 is 0 Å². The molecular weight excluding hydrogens is 400 g/mol. The van der Waals surface area contributed by atoms with Crippen molar-refractivity contribution in [2.45, 2.75) is 19.1 Å². The maximum atomic E-state index is 12.5. The number of aliphatic hydroxyl groups excluding tert-OH is 1. The van der Waals surface area contributed by atoms with Gasteiger partial charge in [0.25, 0.3) is 11.8 Å². The molecule has 2 rings (SSSR count). The van der Waals surface area contributed by atoms with Gasteiger partial charge in [-0.1, -0.05) is 0 Å². The van der Waals surface area contributed by atoms with Crippen LogP contribution in [0.25, 0.3) is 0 Å². The zero-order chi connectivity index (χ0) is 22.3. The molecule has 0 aliphatic rings. The number of amides is 2. The number of nitrogens with one attached hydrogen (secondary N) is 2. The van der Waals surface area contributed by atoms with E-state index in [1.165, 1.54) is 43.6 Å². The molecule has 2 aromatic rings. The van der Waals surface area contributed by atoms with Crippen LogP contribution in [0.15, 0.2) is 36.7 Å². The highest BCUT2D eigenvalue weighted by molar-refractivity contribution is 5.99. The Hall–Kier alpha value is -4.06. The van der Waals surface area contributed by atoms with Gasteiger partial charge in [-0.25, -0.2) is 14.8 Å². The lowest BCUT2D eigenvalue weighted by Gasteiger charge is -2.20. The molecule has 12 heteroatoms. The summed E-state index contributed by atoms with van der Waals surface area (Å²) in [5.74, 6) is -5.01. The van der Waals surface area contributed by atoms with E-state index in [2.05, 4.69) is 20.6 Å². The summed E-state index contributed by atoms with van der Waals surface area (Å²) in [6, 6.07) is 3.63. The molecule has 2 aromatic heterocycles. The van der Waals surface area contributed by atoms with E-state index in [0.29, 0.717) is 0 Å². The summed E-state index contributed by atoms with van der Waals surface area (Å²) < 4.78 is 5.10. The Bertz CT molecular complexity index is 963. The number of hydrogen-bond acceptors (Lipinski definition) is 9. The Labute approximate surface area is 169 Å². The van der Waals surface area contributed by atoms with Crippen LogP contribution in [0.2, 0.25) is 0 Å². The largest absolute Gasteiger partial charge is 0.505 e. The third kappa shape index (κ3) is 5.72. The molecule has 0 aliphatic carbocycles. The van der Waals surface area contributed by atoms with Gasteiger partial charge in [-0.3, -0.25) is 14.4 Å². The van der Waals surface area contributed by atoms with Crippen molar-refractivity contribution in [3.8, 4) is 11.5 Å². The van der Waals surface area contributed by atoms with Gasteiger partial charge in [0, 0.05) is 12.4 Å². The van der Waals surface area contributed by atoms with Crippen LogP contribution in [0.1, 0.15) is 27.9 Å². The van der Waals surface area contributed by atoms with Crippen LogP contribution in [0.4, 0.5) is 0 Å². The van der Waals surface area contributed by atoms with E-state index in [0.717, 1.165) is 0 Å². The van der Waals surface area contributed by atoms with Crippen molar-refractivity contribution in [3.63, 3.8) is 0 Å². The molecule has 0 saturated heterocycles. The Morgan fingerprint density at radius 3 is 2.30 bits per heavy atom. The first-order valence-corrected chi connectivity index (χ1v) is 8.50. The van der Waals surface area contributed by atoms with E-state index in [1.54, 1.807) is 0 Å². The number of nitrogens with zero attached hydrogens (tertiary/aromatic N) is 2. The molecule has 0 radical (unpaired) electrons. The summed E-state index contributed by atoms with van der Waals surface area (Å²) in [7, 11) is 0. The second kappa shape index (κ2) is 9.93. The van der Waals surface area contributed by atoms with E-state index < -0.39 is 48.2 Å². The molecule has 0 aliphatic heterocycles. The van der Waals surface area contributed by atoms with E-state index in [-0.39, 0.29) is 17.1 Å². The molecule has 2 heterocycles. The molecule has 12 nitrogen and oxygen atoms in total. The Morgan fingerprint density at radius 2 is 1.70 bits per heavy atom. The number of carboxylic acids is 1. The first-order chi connectivity index (χ1) is 14.2. The highest BCUT2D eigenvalue weighted by Gasteiger charge is 2.30. The van der Waals surface area contributed by atoms with Gasteiger partial charge in [-0.05, 0) is 31.2 Å². The molecule has 30 heavy (non-hydrogen) atoms. The van der Waals surface area contributed by atoms with Crippen molar-refractivity contribution < 1.29 is 39.2 Å². The average Bonchev–Trinajstić information content (AvgIpc) is 2.70. The number of carboxylic acid groups (broad SMARTS) is 1. The number of aromatic hydroxyl groups is 1. The molecule has 2 unspecified atom stereocenters. The molecule has 0 saturated carbocycles. The smallest absolute Gasteiger partial charge is 0.336 e. The first kappa shape index (κ1) is 22.2. The van der Waals surface area contributed by atoms with E-state index in [4.69, 9.17) is 9.84 Å². The second-order valence-corrected chi connectivity index (χ2v) is 5.91. The minimum Gasteiger partial charge on any atom is -0.505 e. The minimum atomic E-state index is -1.57. The predicted octanol–water partition coefficient (Wildman–Crippen LogP) is -0.919. The Morgan fingerprint density at radius 1 is 1.07 bits per heavy atom. The standard InChI is InChI=1S/C18H18N4O8/c1-9(23)13(22-17(28)14-10(24)4-2-6-19-14)18(29)30-11-5-3-7-20-15(11)16(27)21-8-12(25)26/h2-7,9,13,23-24H,8H2,1H3,(H,21,27)(H,22,28)(H,25,26). The first-order valence-electron chi connectivity index (χ1n) is 8.50. The fourth-order valence-electron chi connectivity index (χ4n) is 2.21. The Balaban J connectivity index is 2.18. The zero-order valence-corrected chi connectivity index (χ0v) is 15.6. The number of aromatic nitrogens is 2. The quantitative estimate of drug-likeness (QED) is 0.335. The van der Waals surface area contributed by atoms with Gasteiger partial charge >= 0.3 is 11.9 Å². The molecule has 2 amide bonds. The highest BCUT2D eigenvalue weighted by atomic mass is 16.5. The van der Waals surface area contributed by atoms with Gasteiger partial charge in [-0.2, -0.15) is 0 Å². The van der Waals surface area contributed by atoms with Crippen LogP contribution in [0.5, 0.6) is 11.5 Å². The molecule has 5 N–H and O–H groups in total. The summed E-state index contributed by atoms with van der Waals surface area (Å²) in [5, 5.41) is 32.5. The van der Waals surface area contributed by atoms with Gasteiger partial charge in [0.15, 0.2) is 23.2 Å². The predicted molar refractivity (Wildman–Crippen MR) is 98.7 cm³/mol. The topological polar surface area (TPSA) is 188 Å². The van der Waals surface area contributed by atoms with Crippen LogP contribution >= 0.6 is 0 Å². The number of aliphatic hydroxyl groups is 1. The minimum absolute atomic E-state index is 0.314. The van der Waals surface area contributed by atoms with Crippen LogP contribution in [-0.4, -0.2) is 67.7 Å². The third-order valence-corrected chi connectivity index (χ3v) is 3.62. The van der Waals surface area contributed by atoms with Crippen molar-refractivity contribution in [2.75, 3.05) is 6.54 Å². The average molecular weight is 418 g/mol. The summed E-state index contributed by atoms with van der Waals surface area (Å²) in [4.78, 5) is 54.9. The normalized spacial score (nSPS) is 12.3. The van der Waals surface area contributed by atoms with Gasteiger partial charge in [-0.15, -0.1) is 0 Å². The molecular formula is C18H18N4O8. The number of rotatable bonds is 8. The van der Waals surface area contributed by atoms with Gasteiger partial charge < -0.3 is 30.7 Å². The van der Waals surface area contributed by atoms with E-state index in [1.807, 2.05) is 0 Å². The van der Waals surface area contributed by atoms with Crippen LogP contribution in [0.3, 0.4) is 0 Å². The summed E-state index contributed by atoms with van der Waals surface area (Å²) in [6.07, 6.45) is 1.07. The second-order valence-electron chi connectivity index (χ2n) is 5.91. The fraction of sp³-hybridized carbons (Fsp3) is 0.222. The number of hydrogen-bond donors (Lipinski definition) is 5. The van der Waals surface area contributed by atoms with E-state index in [9.17, 15) is 29.4 Å². The maximum absolute atomic E-state index is 12.5. The monoisotopic (exact) mass is 418 g/mol. The van der Waals surface area contributed by atoms with Crippen LogP contribution in [0, 0.1) is 0 Å². The summed E-state index contributed by atoms with van der Waals surface area (Å²) >= 11 is 0. The number of carbonyl (C=O) groups excluding carboxylic acids is 3. The summed E-state index contributed by atoms with van der Waals surface area (Å²) in [6.45, 7) is 0.539. The number of ether oxygens (including phenoxy) is 1. The number of carbonyl (C=O) groups is 4. The lowest BCUT2D eigenvalue weighted by molar-refractivity contribution is -0.139. The molecule has 158 valence electrons. The van der Waals surface area contributed by atoms with Crippen molar-refractivity contribution in [1.82, 2.24) is 20.6 Å².